The van der Waals surface area contributed by atoms with Gasteiger partial charge in [-0.1, -0.05) is 77.8 Å². The number of likely N-dealkylation sites (N-methyl/N-ethyl adjacent to an activating group) is 1. The second-order valence-electron chi connectivity index (χ2n) is 8.07. The van der Waals surface area contributed by atoms with Crippen molar-refractivity contribution in [1.82, 2.24) is 14.9 Å². The molecule has 0 saturated heterocycles. The van der Waals surface area contributed by atoms with Gasteiger partial charge in [0, 0.05) is 27.2 Å². The Morgan fingerprint density at radius 3 is 1.85 bits per heavy atom. The fourth-order valence-corrected chi connectivity index (χ4v) is 3.80. The van der Waals surface area contributed by atoms with Gasteiger partial charge in [-0.3, -0.25) is 0 Å². The summed E-state index contributed by atoms with van der Waals surface area (Å²) >= 11 is 12.2. The SMILES string of the molecule is C[C@@H]([C@H](Oc1cnc(-c2ccc(Cl)cc2)c(-c2ccc(Cl)cc2)n1)c1ccccc1)N(C)C. The standard InChI is InChI=1S/C27H25Cl2N3O/c1-18(32(2)3)27(21-7-5-4-6-8-21)33-24-17-30-25(19-9-13-22(28)14-10-19)26(31-24)20-11-15-23(29)16-12-20/h4-18,27H,1-3H3/t18-,27-/m0/s1. The minimum Gasteiger partial charge on any atom is -0.467 e. The van der Waals surface area contributed by atoms with Crippen LogP contribution in [0, 0.1) is 0 Å². The lowest BCUT2D eigenvalue weighted by Gasteiger charge is -2.30. The molecule has 168 valence electrons. The lowest BCUT2D eigenvalue weighted by atomic mass is 10.0. The molecule has 0 spiro atoms. The number of halogens is 2. The molecule has 0 aliphatic rings. The van der Waals surface area contributed by atoms with Crippen molar-refractivity contribution in [2.75, 3.05) is 14.1 Å². The van der Waals surface area contributed by atoms with Crippen LogP contribution in [-0.4, -0.2) is 35.0 Å². The average molecular weight is 478 g/mol. The van der Waals surface area contributed by atoms with E-state index in [2.05, 4.69) is 24.0 Å². The summed E-state index contributed by atoms with van der Waals surface area (Å²) in [5.74, 6) is 0.459. The predicted octanol–water partition coefficient (Wildman–Crippen LogP) is 7.19. The molecule has 0 amide bonds. The number of hydrogen-bond donors (Lipinski definition) is 0. The minimum atomic E-state index is -0.213. The summed E-state index contributed by atoms with van der Waals surface area (Å²) in [4.78, 5) is 11.8. The van der Waals surface area contributed by atoms with Crippen molar-refractivity contribution >= 4 is 23.2 Å². The fourth-order valence-electron chi connectivity index (χ4n) is 3.55. The minimum absolute atomic E-state index is 0.115. The van der Waals surface area contributed by atoms with Crippen molar-refractivity contribution in [2.24, 2.45) is 0 Å². The average Bonchev–Trinajstić information content (AvgIpc) is 2.83. The molecule has 0 radical (unpaired) electrons. The van der Waals surface area contributed by atoms with Crippen molar-refractivity contribution in [3.8, 4) is 28.4 Å². The van der Waals surface area contributed by atoms with Crippen LogP contribution < -0.4 is 4.74 Å². The van der Waals surface area contributed by atoms with Gasteiger partial charge in [0.15, 0.2) is 0 Å². The van der Waals surface area contributed by atoms with Gasteiger partial charge in [0.25, 0.3) is 0 Å². The summed E-state index contributed by atoms with van der Waals surface area (Å²) in [6, 6.07) is 25.4. The molecule has 1 aromatic heterocycles. The largest absolute Gasteiger partial charge is 0.467 e. The quantitative estimate of drug-likeness (QED) is 0.282. The molecule has 6 heteroatoms. The Kier molecular flexibility index (Phi) is 7.29. The molecule has 1 heterocycles. The first kappa shape index (κ1) is 23.2. The third-order valence-electron chi connectivity index (χ3n) is 5.61. The highest BCUT2D eigenvalue weighted by atomic mass is 35.5. The van der Waals surface area contributed by atoms with Gasteiger partial charge in [-0.2, -0.15) is 0 Å². The second kappa shape index (κ2) is 10.3. The summed E-state index contributed by atoms with van der Waals surface area (Å²) in [5.41, 5.74) is 4.37. The first-order valence-corrected chi connectivity index (χ1v) is 11.4. The molecular weight excluding hydrogens is 453 g/mol. The topological polar surface area (TPSA) is 38.3 Å². The third-order valence-corrected chi connectivity index (χ3v) is 6.12. The molecule has 33 heavy (non-hydrogen) atoms. The normalized spacial score (nSPS) is 13.0. The molecule has 4 aromatic rings. The highest BCUT2D eigenvalue weighted by Crippen LogP contribution is 2.33. The molecule has 0 saturated carbocycles. The Labute approximate surface area is 204 Å². The smallest absolute Gasteiger partial charge is 0.233 e. The van der Waals surface area contributed by atoms with Crippen LogP contribution in [0.25, 0.3) is 22.5 Å². The summed E-state index contributed by atoms with van der Waals surface area (Å²) in [5, 5.41) is 1.33. The number of aromatic nitrogens is 2. The molecule has 0 bridgehead atoms. The van der Waals surface area contributed by atoms with E-state index < -0.39 is 0 Å². The zero-order valence-electron chi connectivity index (χ0n) is 18.7. The van der Waals surface area contributed by atoms with E-state index in [1.807, 2.05) is 80.8 Å². The molecule has 0 aliphatic carbocycles. The number of nitrogens with zero attached hydrogens (tertiary/aromatic N) is 3. The van der Waals surface area contributed by atoms with E-state index in [-0.39, 0.29) is 12.1 Å². The molecule has 3 aromatic carbocycles. The Hall–Kier alpha value is -2.92. The maximum absolute atomic E-state index is 6.46. The summed E-state index contributed by atoms with van der Waals surface area (Å²) in [6.45, 7) is 2.13. The molecule has 0 aliphatic heterocycles. The molecule has 0 fully saturated rings. The number of benzene rings is 3. The maximum atomic E-state index is 6.46. The molecule has 4 rings (SSSR count). The van der Waals surface area contributed by atoms with E-state index in [1.54, 1.807) is 6.20 Å². The monoisotopic (exact) mass is 477 g/mol. The fraction of sp³-hybridized carbons (Fsp3) is 0.185. The van der Waals surface area contributed by atoms with E-state index in [4.69, 9.17) is 37.9 Å². The molecule has 2 atom stereocenters. The Morgan fingerprint density at radius 2 is 1.30 bits per heavy atom. The van der Waals surface area contributed by atoms with E-state index in [9.17, 15) is 0 Å². The van der Waals surface area contributed by atoms with Crippen molar-refractivity contribution in [3.63, 3.8) is 0 Å². The van der Waals surface area contributed by atoms with Gasteiger partial charge >= 0.3 is 0 Å². The van der Waals surface area contributed by atoms with Crippen LogP contribution in [0.2, 0.25) is 10.0 Å². The maximum Gasteiger partial charge on any atom is 0.233 e. The Morgan fingerprint density at radius 1 is 0.758 bits per heavy atom. The van der Waals surface area contributed by atoms with Crippen molar-refractivity contribution in [2.45, 2.75) is 19.1 Å². The van der Waals surface area contributed by atoms with Crippen LogP contribution in [0.15, 0.2) is 85.1 Å². The second-order valence-corrected chi connectivity index (χ2v) is 8.95. The van der Waals surface area contributed by atoms with Crippen molar-refractivity contribution < 1.29 is 4.74 Å². The summed E-state index contributed by atoms with van der Waals surface area (Å²) in [7, 11) is 4.08. The van der Waals surface area contributed by atoms with Crippen LogP contribution in [0.1, 0.15) is 18.6 Å². The molecule has 0 unspecified atom stereocenters. The van der Waals surface area contributed by atoms with Crippen molar-refractivity contribution in [3.05, 3.63) is 101 Å². The number of rotatable bonds is 7. The van der Waals surface area contributed by atoms with Crippen LogP contribution in [0.5, 0.6) is 5.88 Å². The van der Waals surface area contributed by atoms with Gasteiger partial charge in [-0.25, -0.2) is 9.97 Å². The van der Waals surface area contributed by atoms with Crippen LogP contribution >= 0.6 is 23.2 Å². The van der Waals surface area contributed by atoms with Gasteiger partial charge in [-0.05, 0) is 50.8 Å². The highest BCUT2D eigenvalue weighted by molar-refractivity contribution is 6.31. The lowest BCUT2D eigenvalue weighted by Crippen LogP contribution is -2.34. The highest BCUT2D eigenvalue weighted by Gasteiger charge is 2.24. The predicted molar refractivity (Wildman–Crippen MR) is 136 cm³/mol. The summed E-state index contributed by atoms with van der Waals surface area (Å²) in [6.07, 6.45) is 1.47. The molecule has 0 N–H and O–H groups in total. The molecular formula is C27H25Cl2N3O. The van der Waals surface area contributed by atoms with Gasteiger partial charge in [0.2, 0.25) is 5.88 Å². The van der Waals surface area contributed by atoms with Gasteiger partial charge in [-0.15, -0.1) is 0 Å². The van der Waals surface area contributed by atoms with Gasteiger partial charge in [0.1, 0.15) is 11.8 Å². The lowest BCUT2D eigenvalue weighted by molar-refractivity contribution is 0.102. The van der Waals surface area contributed by atoms with Crippen LogP contribution in [-0.2, 0) is 0 Å². The zero-order chi connectivity index (χ0) is 23.4. The Balaban J connectivity index is 1.78. The van der Waals surface area contributed by atoms with Gasteiger partial charge < -0.3 is 9.64 Å². The van der Waals surface area contributed by atoms with Crippen LogP contribution in [0.4, 0.5) is 0 Å². The molecule has 4 nitrogen and oxygen atoms in total. The first-order valence-electron chi connectivity index (χ1n) is 10.7. The van der Waals surface area contributed by atoms with E-state index in [0.29, 0.717) is 15.9 Å². The number of ether oxygens (including phenoxy) is 1. The number of hydrogen-bond acceptors (Lipinski definition) is 4. The van der Waals surface area contributed by atoms with E-state index >= 15 is 0 Å². The van der Waals surface area contributed by atoms with Crippen molar-refractivity contribution in [1.29, 1.82) is 0 Å². The van der Waals surface area contributed by atoms with E-state index in [0.717, 1.165) is 28.1 Å². The van der Waals surface area contributed by atoms with Gasteiger partial charge in [0.05, 0.1) is 11.9 Å². The zero-order valence-corrected chi connectivity index (χ0v) is 20.3. The third kappa shape index (κ3) is 5.53. The Bertz CT molecular complexity index is 1200. The van der Waals surface area contributed by atoms with E-state index in [1.165, 1.54) is 0 Å². The summed E-state index contributed by atoms with van der Waals surface area (Å²) < 4.78 is 6.46. The van der Waals surface area contributed by atoms with Crippen LogP contribution in [0.3, 0.4) is 0 Å². The first-order chi connectivity index (χ1) is 15.9.